The molecule has 0 radical (unpaired) electrons. The van der Waals surface area contributed by atoms with E-state index in [2.05, 4.69) is 15.5 Å². The Morgan fingerprint density at radius 3 is 2.95 bits per heavy atom. The molecule has 0 saturated carbocycles. The maximum Gasteiger partial charge on any atom is 0.243 e. The number of hydrogen-bond acceptors (Lipinski definition) is 4. The molecule has 1 aromatic heterocycles. The van der Waals surface area contributed by atoms with E-state index in [1.807, 2.05) is 0 Å². The Morgan fingerprint density at radius 1 is 1.30 bits per heavy atom. The molecule has 1 aromatic carbocycles. The van der Waals surface area contributed by atoms with Gasteiger partial charge in [0.15, 0.2) is 5.82 Å². The van der Waals surface area contributed by atoms with Crippen LogP contribution in [0, 0.1) is 11.6 Å². The highest BCUT2D eigenvalue weighted by Crippen LogP contribution is 2.22. The number of piperidine rings is 1. The summed E-state index contributed by atoms with van der Waals surface area (Å²) in [5.74, 6) is -0.223. The Bertz CT molecular complexity index is 594. The molecule has 1 N–H and O–H groups in total. The van der Waals surface area contributed by atoms with Gasteiger partial charge in [-0.25, -0.2) is 8.78 Å². The molecule has 1 aliphatic heterocycles. The number of hydrogen-bond donors (Lipinski definition) is 1. The molecular formula is C14H15F2N3O. The van der Waals surface area contributed by atoms with E-state index in [9.17, 15) is 8.78 Å². The van der Waals surface area contributed by atoms with E-state index in [0.29, 0.717) is 17.3 Å². The molecule has 1 aliphatic rings. The van der Waals surface area contributed by atoms with Gasteiger partial charge >= 0.3 is 0 Å². The van der Waals surface area contributed by atoms with Crippen LogP contribution in [0.5, 0.6) is 0 Å². The summed E-state index contributed by atoms with van der Waals surface area (Å²) in [6.45, 7) is 0.939. The van der Waals surface area contributed by atoms with Crippen LogP contribution in [0.1, 0.15) is 42.6 Å². The van der Waals surface area contributed by atoms with Crippen LogP contribution in [0.2, 0.25) is 0 Å². The topological polar surface area (TPSA) is 51.0 Å². The smallest absolute Gasteiger partial charge is 0.243 e. The molecule has 1 saturated heterocycles. The molecule has 1 unspecified atom stereocenters. The van der Waals surface area contributed by atoms with Crippen molar-refractivity contribution in [1.82, 2.24) is 15.5 Å². The lowest BCUT2D eigenvalue weighted by atomic mass is 10.1. The maximum atomic E-state index is 13.6. The Kier molecular flexibility index (Phi) is 3.73. The van der Waals surface area contributed by atoms with E-state index in [1.54, 1.807) is 0 Å². The predicted octanol–water partition coefficient (Wildman–Crippen LogP) is 2.75. The highest BCUT2D eigenvalue weighted by atomic mass is 19.1. The quantitative estimate of drug-likeness (QED) is 0.938. The fourth-order valence-corrected chi connectivity index (χ4v) is 2.38. The van der Waals surface area contributed by atoms with E-state index in [4.69, 9.17) is 4.52 Å². The van der Waals surface area contributed by atoms with Crippen molar-refractivity contribution < 1.29 is 13.3 Å². The van der Waals surface area contributed by atoms with Crippen molar-refractivity contribution in [3.8, 4) is 0 Å². The Hall–Kier alpha value is -1.82. The third-order valence-corrected chi connectivity index (χ3v) is 3.46. The Balaban J connectivity index is 1.73. The molecule has 3 rings (SSSR count). The third-order valence-electron chi connectivity index (χ3n) is 3.46. The maximum absolute atomic E-state index is 13.6. The minimum Gasteiger partial charge on any atom is -0.338 e. The van der Waals surface area contributed by atoms with Crippen molar-refractivity contribution in [3.05, 3.63) is 47.1 Å². The van der Waals surface area contributed by atoms with E-state index >= 15 is 0 Å². The molecule has 106 valence electrons. The molecule has 0 bridgehead atoms. The van der Waals surface area contributed by atoms with Crippen LogP contribution < -0.4 is 5.32 Å². The summed E-state index contributed by atoms with van der Waals surface area (Å²) in [4.78, 5) is 4.29. The van der Waals surface area contributed by atoms with Gasteiger partial charge in [-0.1, -0.05) is 17.6 Å². The molecule has 1 fully saturated rings. The van der Waals surface area contributed by atoms with Gasteiger partial charge in [-0.2, -0.15) is 4.98 Å². The highest BCUT2D eigenvalue weighted by Gasteiger charge is 2.21. The normalized spacial score (nSPS) is 19.2. The molecule has 0 amide bonds. The first-order chi connectivity index (χ1) is 9.72. The van der Waals surface area contributed by atoms with Crippen LogP contribution in [0.4, 0.5) is 8.78 Å². The average molecular weight is 279 g/mol. The van der Waals surface area contributed by atoms with Crippen LogP contribution >= 0.6 is 0 Å². The predicted molar refractivity (Wildman–Crippen MR) is 68.1 cm³/mol. The first-order valence-corrected chi connectivity index (χ1v) is 6.72. The SMILES string of the molecule is Fc1ccc(Cc2noc(C3CCCCN3)n2)c(F)c1. The number of nitrogens with zero attached hydrogens (tertiary/aromatic N) is 2. The summed E-state index contributed by atoms with van der Waals surface area (Å²) < 4.78 is 31.6. The van der Waals surface area contributed by atoms with Crippen LogP contribution in [0.3, 0.4) is 0 Å². The second-order valence-electron chi connectivity index (χ2n) is 4.96. The van der Waals surface area contributed by atoms with Crippen molar-refractivity contribution >= 4 is 0 Å². The summed E-state index contributed by atoms with van der Waals surface area (Å²) in [6.07, 6.45) is 3.44. The fraction of sp³-hybridized carbons (Fsp3) is 0.429. The molecular weight excluding hydrogens is 264 g/mol. The number of halogens is 2. The van der Waals surface area contributed by atoms with Gasteiger partial charge in [0.2, 0.25) is 5.89 Å². The second-order valence-corrected chi connectivity index (χ2v) is 4.96. The molecule has 0 spiro atoms. The number of rotatable bonds is 3. The summed E-state index contributed by atoms with van der Waals surface area (Å²) in [5.41, 5.74) is 0.357. The van der Waals surface area contributed by atoms with Gasteiger partial charge in [0, 0.05) is 12.5 Å². The standard InChI is InChI=1S/C14H15F2N3O/c15-10-5-4-9(11(16)8-10)7-13-18-14(20-19-13)12-3-1-2-6-17-12/h4-5,8,12,17H,1-3,6-7H2. The fourth-order valence-electron chi connectivity index (χ4n) is 2.38. The highest BCUT2D eigenvalue weighted by molar-refractivity contribution is 5.21. The van der Waals surface area contributed by atoms with Gasteiger partial charge in [-0.05, 0) is 31.0 Å². The Morgan fingerprint density at radius 2 is 2.20 bits per heavy atom. The van der Waals surface area contributed by atoms with Gasteiger partial charge < -0.3 is 9.84 Å². The van der Waals surface area contributed by atoms with Gasteiger partial charge in [0.05, 0.1) is 6.04 Å². The van der Waals surface area contributed by atoms with Crippen LogP contribution in [0.25, 0.3) is 0 Å². The van der Waals surface area contributed by atoms with E-state index in [0.717, 1.165) is 31.9 Å². The second kappa shape index (κ2) is 5.66. The molecule has 2 aromatic rings. The van der Waals surface area contributed by atoms with Crippen LogP contribution in [-0.4, -0.2) is 16.7 Å². The number of aromatic nitrogens is 2. The number of benzene rings is 1. The number of nitrogens with one attached hydrogen (secondary N) is 1. The van der Waals surface area contributed by atoms with Crippen LogP contribution in [0.15, 0.2) is 22.7 Å². The van der Waals surface area contributed by atoms with Gasteiger partial charge in [0.25, 0.3) is 0 Å². The van der Waals surface area contributed by atoms with Gasteiger partial charge in [-0.15, -0.1) is 0 Å². The van der Waals surface area contributed by atoms with Crippen molar-refractivity contribution in [2.45, 2.75) is 31.7 Å². The summed E-state index contributed by atoms with van der Waals surface area (Å²) in [7, 11) is 0. The van der Waals surface area contributed by atoms with Gasteiger partial charge in [0.1, 0.15) is 11.6 Å². The van der Waals surface area contributed by atoms with Gasteiger partial charge in [-0.3, -0.25) is 0 Å². The third kappa shape index (κ3) is 2.85. The molecule has 20 heavy (non-hydrogen) atoms. The van der Waals surface area contributed by atoms with E-state index in [-0.39, 0.29) is 12.5 Å². The van der Waals surface area contributed by atoms with Crippen molar-refractivity contribution in [3.63, 3.8) is 0 Å². The molecule has 1 atom stereocenters. The largest absolute Gasteiger partial charge is 0.338 e. The molecule has 6 heteroatoms. The first kappa shape index (κ1) is 13.2. The minimum absolute atomic E-state index is 0.0862. The first-order valence-electron chi connectivity index (χ1n) is 6.72. The van der Waals surface area contributed by atoms with E-state index in [1.165, 1.54) is 12.1 Å². The molecule has 0 aliphatic carbocycles. The molecule has 4 nitrogen and oxygen atoms in total. The zero-order valence-electron chi connectivity index (χ0n) is 10.9. The summed E-state index contributed by atoms with van der Waals surface area (Å²) in [5, 5.41) is 7.18. The summed E-state index contributed by atoms with van der Waals surface area (Å²) >= 11 is 0. The average Bonchev–Trinajstić information content (AvgIpc) is 2.92. The van der Waals surface area contributed by atoms with E-state index < -0.39 is 11.6 Å². The monoisotopic (exact) mass is 279 g/mol. The lowest BCUT2D eigenvalue weighted by molar-refractivity contribution is 0.296. The van der Waals surface area contributed by atoms with Crippen LogP contribution in [-0.2, 0) is 6.42 Å². The van der Waals surface area contributed by atoms with Crippen molar-refractivity contribution in [2.24, 2.45) is 0 Å². The van der Waals surface area contributed by atoms with Crippen molar-refractivity contribution in [1.29, 1.82) is 0 Å². The van der Waals surface area contributed by atoms with Crippen molar-refractivity contribution in [2.75, 3.05) is 6.54 Å². The summed E-state index contributed by atoms with van der Waals surface area (Å²) in [6, 6.07) is 3.57. The zero-order valence-corrected chi connectivity index (χ0v) is 10.9. The molecule has 2 heterocycles. The lowest BCUT2D eigenvalue weighted by Gasteiger charge is -2.19. The lowest BCUT2D eigenvalue weighted by Crippen LogP contribution is -2.27. The minimum atomic E-state index is -0.591. The zero-order chi connectivity index (χ0) is 13.9. The Labute approximate surface area is 115 Å².